The third kappa shape index (κ3) is 5.70. The van der Waals surface area contributed by atoms with Gasteiger partial charge in [0, 0.05) is 19.0 Å². The van der Waals surface area contributed by atoms with Crippen molar-refractivity contribution in [3.8, 4) is 5.75 Å². The van der Waals surface area contributed by atoms with Gasteiger partial charge in [0.2, 0.25) is 15.9 Å². The summed E-state index contributed by atoms with van der Waals surface area (Å²) in [7, 11) is -3.70. The average Bonchev–Trinajstić information content (AvgIpc) is 3.04. The molecule has 1 aromatic carbocycles. The molecule has 9 heteroatoms. The number of rotatable bonds is 9. The zero-order chi connectivity index (χ0) is 19.2. The third-order valence-corrected chi connectivity index (χ3v) is 5.71. The molecule has 3 N–H and O–H groups in total. The first kappa shape index (κ1) is 20.2. The van der Waals surface area contributed by atoms with Crippen LogP contribution < -0.4 is 14.8 Å². The van der Waals surface area contributed by atoms with Crippen LogP contribution in [0.2, 0.25) is 0 Å². The maximum absolute atomic E-state index is 12.2. The van der Waals surface area contributed by atoms with E-state index in [1.54, 1.807) is 12.1 Å². The van der Waals surface area contributed by atoms with Crippen molar-refractivity contribution >= 4 is 21.9 Å². The Morgan fingerprint density at radius 2 is 1.92 bits per heavy atom. The van der Waals surface area contributed by atoms with Gasteiger partial charge in [-0.3, -0.25) is 9.59 Å². The van der Waals surface area contributed by atoms with Crippen molar-refractivity contribution in [3.63, 3.8) is 0 Å². The Kier molecular flexibility index (Phi) is 6.98. The molecule has 0 aromatic heterocycles. The number of nitrogens with one attached hydrogen (secondary N) is 2. The molecule has 0 heterocycles. The second-order valence-corrected chi connectivity index (χ2v) is 7.93. The monoisotopic (exact) mass is 384 g/mol. The Morgan fingerprint density at radius 1 is 1.23 bits per heavy atom. The third-order valence-electron chi connectivity index (χ3n) is 4.24. The number of carbonyl (C=O) groups is 2. The summed E-state index contributed by atoms with van der Waals surface area (Å²) in [5.41, 5.74) is 0. The number of sulfonamides is 1. The van der Waals surface area contributed by atoms with Gasteiger partial charge in [0.05, 0.1) is 17.4 Å². The molecule has 0 bridgehead atoms. The van der Waals surface area contributed by atoms with Gasteiger partial charge in [-0.2, -0.15) is 0 Å². The molecule has 0 radical (unpaired) electrons. The smallest absolute Gasteiger partial charge is 0.306 e. The summed E-state index contributed by atoms with van der Waals surface area (Å²) < 4.78 is 32.0. The molecule has 0 spiro atoms. The van der Waals surface area contributed by atoms with Gasteiger partial charge < -0.3 is 15.2 Å². The van der Waals surface area contributed by atoms with Crippen LogP contribution in [0.25, 0.3) is 0 Å². The molecule has 1 amide bonds. The predicted octanol–water partition coefficient (Wildman–Crippen LogP) is 1.12. The summed E-state index contributed by atoms with van der Waals surface area (Å²) in [6.45, 7) is 2.30. The van der Waals surface area contributed by atoms with Gasteiger partial charge in [0.1, 0.15) is 5.75 Å². The van der Waals surface area contributed by atoms with E-state index in [2.05, 4.69) is 10.0 Å². The molecule has 26 heavy (non-hydrogen) atoms. The van der Waals surface area contributed by atoms with E-state index < -0.39 is 21.9 Å². The lowest BCUT2D eigenvalue weighted by Crippen LogP contribution is -2.36. The highest BCUT2D eigenvalue weighted by Crippen LogP contribution is 2.25. The minimum absolute atomic E-state index is 0.00943. The predicted molar refractivity (Wildman–Crippen MR) is 94.3 cm³/mol. The van der Waals surface area contributed by atoms with E-state index in [0.29, 0.717) is 31.6 Å². The quantitative estimate of drug-likeness (QED) is 0.587. The lowest BCUT2D eigenvalue weighted by Gasteiger charge is -2.13. The Hall–Kier alpha value is -2.13. The van der Waals surface area contributed by atoms with Crippen LogP contribution in [0.5, 0.6) is 5.75 Å². The number of benzene rings is 1. The van der Waals surface area contributed by atoms with Crippen molar-refractivity contribution in [2.24, 2.45) is 5.92 Å². The van der Waals surface area contributed by atoms with Gasteiger partial charge >= 0.3 is 5.97 Å². The van der Waals surface area contributed by atoms with Crippen molar-refractivity contribution in [1.82, 2.24) is 10.0 Å². The Morgan fingerprint density at radius 3 is 2.50 bits per heavy atom. The Labute approximate surface area is 153 Å². The van der Waals surface area contributed by atoms with E-state index in [1.807, 2.05) is 6.92 Å². The number of carboxylic acid groups (broad SMARTS) is 1. The van der Waals surface area contributed by atoms with Crippen LogP contribution in [0.3, 0.4) is 0 Å². The molecule has 0 unspecified atom stereocenters. The molecule has 0 aliphatic heterocycles. The maximum atomic E-state index is 12.2. The van der Waals surface area contributed by atoms with Crippen LogP contribution in [0.1, 0.15) is 32.6 Å². The van der Waals surface area contributed by atoms with E-state index in [1.165, 1.54) is 12.1 Å². The second kappa shape index (κ2) is 9.00. The molecule has 144 valence electrons. The molecular weight excluding hydrogens is 360 g/mol. The lowest BCUT2D eigenvalue weighted by molar-refractivity contribution is -0.141. The summed E-state index contributed by atoms with van der Waals surface area (Å²) in [4.78, 5) is 22.9. The van der Waals surface area contributed by atoms with E-state index in [4.69, 9.17) is 9.84 Å². The zero-order valence-corrected chi connectivity index (χ0v) is 15.4. The number of carboxylic acids is 1. The first-order valence-corrected chi connectivity index (χ1v) is 10.0. The molecule has 1 aromatic rings. The van der Waals surface area contributed by atoms with E-state index in [0.717, 1.165) is 0 Å². The molecule has 1 aliphatic rings. The van der Waals surface area contributed by atoms with E-state index in [-0.39, 0.29) is 29.8 Å². The van der Waals surface area contributed by atoms with Crippen LogP contribution in [-0.4, -0.2) is 44.6 Å². The summed E-state index contributed by atoms with van der Waals surface area (Å²) >= 11 is 0. The second-order valence-electron chi connectivity index (χ2n) is 6.16. The van der Waals surface area contributed by atoms with Crippen molar-refractivity contribution in [1.29, 1.82) is 0 Å². The lowest BCUT2D eigenvalue weighted by atomic mass is 10.1. The largest absolute Gasteiger partial charge is 0.494 e. The van der Waals surface area contributed by atoms with Gasteiger partial charge in [0.15, 0.2) is 0 Å². The van der Waals surface area contributed by atoms with Gasteiger partial charge in [-0.25, -0.2) is 13.1 Å². The van der Waals surface area contributed by atoms with Crippen LogP contribution in [-0.2, 0) is 19.6 Å². The van der Waals surface area contributed by atoms with Crippen molar-refractivity contribution < 1.29 is 27.9 Å². The molecular formula is C17H24N2O6S. The fourth-order valence-electron chi connectivity index (χ4n) is 2.90. The first-order valence-electron chi connectivity index (χ1n) is 8.56. The van der Waals surface area contributed by atoms with Crippen molar-refractivity contribution in [2.75, 3.05) is 13.2 Å². The molecule has 0 saturated heterocycles. The summed E-state index contributed by atoms with van der Waals surface area (Å²) in [5, 5.41) is 11.7. The first-order chi connectivity index (χ1) is 12.3. The van der Waals surface area contributed by atoms with E-state index in [9.17, 15) is 18.0 Å². The molecule has 1 saturated carbocycles. The zero-order valence-electron chi connectivity index (χ0n) is 14.6. The number of amides is 1. The van der Waals surface area contributed by atoms with Gasteiger partial charge in [0.25, 0.3) is 0 Å². The number of ether oxygens (including phenoxy) is 1. The van der Waals surface area contributed by atoms with Crippen LogP contribution >= 0.6 is 0 Å². The summed E-state index contributed by atoms with van der Waals surface area (Å²) in [6.07, 6.45) is 1.58. The number of hydrogen-bond donors (Lipinski definition) is 3. The normalized spacial score (nSPS) is 19.9. The molecule has 1 fully saturated rings. The van der Waals surface area contributed by atoms with Crippen LogP contribution in [0, 0.1) is 5.92 Å². The topological polar surface area (TPSA) is 122 Å². The Bertz CT molecular complexity index is 732. The number of aliphatic carboxylic acids is 1. The Balaban J connectivity index is 1.77. The highest BCUT2D eigenvalue weighted by atomic mass is 32.2. The summed E-state index contributed by atoms with van der Waals surface area (Å²) in [6, 6.07) is 5.87. The van der Waals surface area contributed by atoms with Gasteiger partial charge in [-0.15, -0.1) is 0 Å². The van der Waals surface area contributed by atoms with Crippen molar-refractivity contribution in [3.05, 3.63) is 24.3 Å². The van der Waals surface area contributed by atoms with Crippen LogP contribution in [0.15, 0.2) is 29.2 Å². The average molecular weight is 384 g/mol. The molecule has 2 rings (SSSR count). The minimum Gasteiger partial charge on any atom is -0.494 e. The van der Waals surface area contributed by atoms with E-state index >= 15 is 0 Å². The standard InChI is InChI=1S/C17H24N2O6S/c1-2-25-14-5-7-15(8-6-14)26(23,24)18-10-9-16(20)19-13-4-3-12(11-13)17(21)22/h5-8,12-13,18H,2-4,9-11H2,1H3,(H,19,20)(H,21,22)/t12-,13+/m0/s1. The van der Waals surface area contributed by atoms with Crippen molar-refractivity contribution in [2.45, 2.75) is 43.5 Å². The molecule has 1 aliphatic carbocycles. The maximum Gasteiger partial charge on any atom is 0.306 e. The van der Waals surface area contributed by atoms with Crippen LogP contribution in [0.4, 0.5) is 0 Å². The highest BCUT2D eigenvalue weighted by Gasteiger charge is 2.30. The molecule has 8 nitrogen and oxygen atoms in total. The fourth-order valence-corrected chi connectivity index (χ4v) is 3.93. The van der Waals surface area contributed by atoms with Gasteiger partial charge in [-0.05, 0) is 50.5 Å². The minimum atomic E-state index is -3.70. The number of carbonyl (C=O) groups excluding carboxylic acids is 1. The van der Waals surface area contributed by atoms with Gasteiger partial charge in [-0.1, -0.05) is 0 Å². The fraction of sp³-hybridized carbons (Fsp3) is 0.529. The highest BCUT2D eigenvalue weighted by molar-refractivity contribution is 7.89. The summed E-state index contributed by atoms with van der Waals surface area (Å²) in [5.74, 6) is -0.971. The SMILES string of the molecule is CCOc1ccc(S(=O)(=O)NCCC(=O)N[C@@H]2CC[C@H](C(=O)O)C2)cc1. The molecule has 2 atom stereocenters. The number of hydrogen-bond acceptors (Lipinski definition) is 5.